The van der Waals surface area contributed by atoms with Crippen LogP contribution in [0.25, 0.3) is 11.1 Å². The van der Waals surface area contributed by atoms with Crippen LogP contribution in [0.15, 0.2) is 60.9 Å². The van der Waals surface area contributed by atoms with Gasteiger partial charge in [-0.2, -0.15) is 0 Å². The van der Waals surface area contributed by atoms with E-state index in [1.165, 1.54) is 22.3 Å². The molecule has 3 heterocycles. The number of pyridine rings is 2. The quantitative estimate of drug-likeness (QED) is 0.456. The van der Waals surface area contributed by atoms with E-state index < -0.39 is 0 Å². The van der Waals surface area contributed by atoms with Crippen molar-refractivity contribution in [2.24, 2.45) is 5.73 Å². The average Bonchev–Trinajstić information content (AvgIpc) is 2.81. The number of nitrogens with zero attached hydrogens (tertiary/aromatic N) is 4. The van der Waals surface area contributed by atoms with Crippen molar-refractivity contribution in [2.75, 3.05) is 13.1 Å². The monoisotopic (exact) mass is 428 g/mol. The molecular weight excluding hydrogens is 396 g/mol. The molecule has 0 spiro atoms. The Hall–Kier alpha value is -3.25. The molecule has 1 aliphatic rings. The summed E-state index contributed by atoms with van der Waals surface area (Å²) in [4.78, 5) is 14.0. The molecule has 1 aromatic carbocycles. The van der Waals surface area contributed by atoms with Crippen molar-refractivity contribution in [1.29, 1.82) is 5.41 Å². The van der Waals surface area contributed by atoms with Crippen LogP contribution in [-0.2, 0) is 13.1 Å². The van der Waals surface area contributed by atoms with Gasteiger partial charge in [0.15, 0.2) is 5.96 Å². The summed E-state index contributed by atoms with van der Waals surface area (Å²) >= 11 is 0. The molecule has 1 aliphatic heterocycles. The van der Waals surface area contributed by atoms with E-state index >= 15 is 0 Å². The van der Waals surface area contributed by atoms with Crippen LogP contribution in [0.1, 0.15) is 35.4 Å². The lowest BCUT2D eigenvalue weighted by atomic mass is 10.00. The summed E-state index contributed by atoms with van der Waals surface area (Å²) in [6, 6.07) is 17.2. The Balaban J connectivity index is 1.62. The Labute approximate surface area is 190 Å². The molecule has 0 saturated carbocycles. The number of aryl methyl sites for hydroxylation is 2. The maximum absolute atomic E-state index is 7.76. The molecule has 3 N–H and O–H groups in total. The molecular formula is C26H32N6. The number of likely N-dealkylation sites (tertiary alicyclic amines) is 1. The van der Waals surface area contributed by atoms with E-state index in [-0.39, 0.29) is 5.96 Å². The summed E-state index contributed by atoms with van der Waals surface area (Å²) in [5.74, 6) is 0.169. The molecule has 0 aliphatic carbocycles. The van der Waals surface area contributed by atoms with Gasteiger partial charge in [0.1, 0.15) is 0 Å². The van der Waals surface area contributed by atoms with Gasteiger partial charge in [0.2, 0.25) is 0 Å². The van der Waals surface area contributed by atoms with Crippen LogP contribution in [0.2, 0.25) is 0 Å². The lowest BCUT2D eigenvalue weighted by Gasteiger charge is -2.39. The fourth-order valence-corrected chi connectivity index (χ4v) is 4.52. The Morgan fingerprint density at radius 2 is 1.75 bits per heavy atom. The summed E-state index contributed by atoms with van der Waals surface area (Å²) in [6.07, 6.45) is 5.78. The third-order valence-corrected chi connectivity index (χ3v) is 6.33. The summed E-state index contributed by atoms with van der Waals surface area (Å²) in [5.41, 5.74) is 12.7. The molecule has 0 unspecified atom stereocenters. The molecule has 0 radical (unpaired) electrons. The van der Waals surface area contributed by atoms with Crippen molar-refractivity contribution in [2.45, 2.75) is 45.8 Å². The van der Waals surface area contributed by atoms with Gasteiger partial charge in [0.25, 0.3) is 0 Å². The first-order valence-electron chi connectivity index (χ1n) is 11.3. The highest BCUT2D eigenvalue weighted by atomic mass is 15.3. The van der Waals surface area contributed by atoms with Gasteiger partial charge in [0, 0.05) is 50.2 Å². The number of piperidine rings is 1. The minimum absolute atomic E-state index is 0.169. The predicted molar refractivity (Wildman–Crippen MR) is 129 cm³/mol. The lowest BCUT2D eigenvalue weighted by Crippen LogP contribution is -2.48. The van der Waals surface area contributed by atoms with Crippen LogP contribution in [0, 0.1) is 19.3 Å². The highest BCUT2D eigenvalue weighted by molar-refractivity contribution is 5.74. The van der Waals surface area contributed by atoms with Gasteiger partial charge in [-0.05, 0) is 49.4 Å². The fraction of sp³-hybridized carbons (Fsp3) is 0.346. The molecule has 2 aromatic heterocycles. The summed E-state index contributed by atoms with van der Waals surface area (Å²) in [7, 11) is 0. The largest absolute Gasteiger partial charge is 0.370 e. The first kappa shape index (κ1) is 22.0. The van der Waals surface area contributed by atoms with Crippen LogP contribution >= 0.6 is 0 Å². The van der Waals surface area contributed by atoms with Crippen molar-refractivity contribution in [1.82, 2.24) is 19.8 Å². The second-order valence-corrected chi connectivity index (χ2v) is 8.65. The van der Waals surface area contributed by atoms with Crippen molar-refractivity contribution < 1.29 is 0 Å². The molecule has 6 heteroatoms. The molecule has 1 saturated heterocycles. The van der Waals surface area contributed by atoms with E-state index in [1.54, 1.807) is 0 Å². The molecule has 166 valence electrons. The van der Waals surface area contributed by atoms with Crippen LogP contribution in [0.5, 0.6) is 0 Å². The number of aromatic nitrogens is 2. The van der Waals surface area contributed by atoms with E-state index in [1.807, 2.05) is 29.4 Å². The second-order valence-electron chi connectivity index (χ2n) is 8.65. The maximum atomic E-state index is 7.76. The van der Waals surface area contributed by atoms with E-state index in [2.05, 4.69) is 55.1 Å². The molecule has 6 nitrogen and oxygen atoms in total. The zero-order valence-electron chi connectivity index (χ0n) is 19.0. The number of hydrogen-bond acceptors (Lipinski definition) is 4. The Morgan fingerprint density at radius 3 is 2.44 bits per heavy atom. The van der Waals surface area contributed by atoms with Gasteiger partial charge >= 0.3 is 0 Å². The van der Waals surface area contributed by atoms with Crippen LogP contribution in [0.3, 0.4) is 0 Å². The minimum atomic E-state index is 0.169. The van der Waals surface area contributed by atoms with Gasteiger partial charge in [0.05, 0.1) is 11.4 Å². The SMILES string of the molecule is Cc1cnc(CN(Cc2ncccc2-c2ccccc2)C2CCN(C(=N)N)CC2)c(C)c1. The van der Waals surface area contributed by atoms with Crippen molar-refractivity contribution >= 4 is 5.96 Å². The van der Waals surface area contributed by atoms with Crippen LogP contribution in [0.4, 0.5) is 0 Å². The first-order valence-corrected chi connectivity index (χ1v) is 11.3. The normalized spacial score (nSPS) is 14.7. The summed E-state index contributed by atoms with van der Waals surface area (Å²) in [6.45, 7) is 7.38. The van der Waals surface area contributed by atoms with Gasteiger partial charge < -0.3 is 10.6 Å². The Morgan fingerprint density at radius 1 is 1.03 bits per heavy atom. The standard InChI is InChI=1S/C26H32N6/c1-19-15-20(2)24(30-16-19)17-32(22-10-13-31(14-11-22)26(27)28)18-25-23(9-6-12-29-25)21-7-4-3-5-8-21/h3-9,12,15-16,22H,10-11,13-14,17-18H2,1-2H3,(H3,27,28). The second kappa shape index (κ2) is 9.92. The van der Waals surface area contributed by atoms with Gasteiger partial charge in [-0.15, -0.1) is 0 Å². The van der Waals surface area contributed by atoms with Crippen molar-refractivity contribution in [3.63, 3.8) is 0 Å². The Kier molecular flexibility index (Phi) is 6.81. The van der Waals surface area contributed by atoms with E-state index in [4.69, 9.17) is 21.1 Å². The Bertz CT molecular complexity index is 1060. The summed E-state index contributed by atoms with van der Waals surface area (Å²) < 4.78 is 0. The number of guanidine groups is 1. The molecule has 1 fully saturated rings. The average molecular weight is 429 g/mol. The van der Waals surface area contributed by atoms with Crippen LogP contribution in [-0.4, -0.2) is 44.9 Å². The predicted octanol–water partition coefficient (Wildman–Crippen LogP) is 4.12. The maximum Gasteiger partial charge on any atom is 0.188 e. The molecule has 4 rings (SSSR count). The fourth-order valence-electron chi connectivity index (χ4n) is 4.52. The number of nitrogens with two attached hydrogens (primary N) is 1. The van der Waals surface area contributed by atoms with Crippen molar-refractivity contribution in [3.8, 4) is 11.1 Å². The van der Waals surface area contributed by atoms with Crippen LogP contribution < -0.4 is 5.73 Å². The number of rotatable bonds is 6. The molecule has 0 amide bonds. The topological polar surface area (TPSA) is 82.1 Å². The zero-order valence-corrected chi connectivity index (χ0v) is 19.0. The summed E-state index contributed by atoms with van der Waals surface area (Å²) in [5, 5.41) is 7.76. The molecule has 0 bridgehead atoms. The van der Waals surface area contributed by atoms with Gasteiger partial charge in [-0.1, -0.05) is 42.5 Å². The molecule has 3 aromatic rings. The zero-order chi connectivity index (χ0) is 22.5. The molecule has 0 atom stereocenters. The van der Waals surface area contributed by atoms with E-state index in [0.717, 1.165) is 50.4 Å². The lowest BCUT2D eigenvalue weighted by molar-refractivity contribution is 0.118. The van der Waals surface area contributed by atoms with Gasteiger partial charge in [-0.3, -0.25) is 20.3 Å². The molecule has 32 heavy (non-hydrogen) atoms. The number of hydrogen-bond donors (Lipinski definition) is 2. The highest BCUT2D eigenvalue weighted by Crippen LogP contribution is 2.27. The first-order chi connectivity index (χ1) is 15.5. The van der Waals surface area contributed by atoms with Gasteiger partial charge in [-0.25, -0.2) is 0 Å². The van der Waals surface area contributed by atoms with Crippen molar-refractivity contribution in [3.05, 3.63) is 83.4 Å². The number of nitrogens with one attached hydrogen (secondary N) is 1. The third-order valence-electron chi connectivity index (χ3n) is 6.33. The third kappa shape index (κ3) is 5.14. The highest BCUT2D eigenvalue weighted by Gasteiger charge is 2.27. The number of benzene rings is 1. The minimum Gasteiger partial charge on any atom is -0.370 e. The smallest absolute Gasteiger partial charge is 0.188 e. The van der Waals surface area contributed by atoms with E-state index in [9.17, 15) is 0 Å². The van der Waals surface area contributed by atoms with E-state index in [0.29, 0.717) is 6.04 Å².